The maximum Gasteiger partial charge on any atom is 0.393 e. The largest absolute Gasteiger partial charge is 0.497 e. The Bertz CT molecular complexity index is 344. The Hall–Kier alpha value is -0.480. The minimum Gasteiger partial charge on any atom is -0.497 e. The van der Waals surface area contributed by atoms with E-state index in [4.69, 9.17) is 13.8 Å². The van der Waals surface area contributed by atoms with Crippen LogP contribution in [0.5, 0.6) is 5.75 Å². The van der Waals surface area contributed by atoms with Crippen molar-refractivity contribution in [1.82, 2.24) is 0 Å². The van der Waals surface area contributed by atoms with E-state index in [0.29, 0.717) is 0 Å². The molecule has 0 spiro atoms. The molecule has 0 aromatic heterocycles. The minimum atomic E-state index is -3.05. The lowest BCUT2D eigenvalue weighted by Crippen LogP contribution is -1.84. The second-order valence-electron chi connectivity index (χ2n) is 2.58. The second-order valence-corrected chi connectivity index (χ2v) is 6.75. The SMILES string of the molecule is COc1ccc(SP(=O)(OC)OC)cc1. The van der Waals surface area contributed by atoms with E-state index >= 15 is 0 Å². The zero-order chi connectivity index (χ0) is 11.3. The number of ether oxygens (including phenoxy) is 1. The van der Waals surface area contributed by atoms with Crippen molar-refractivity contribution in [2.24, 2.45) is 0 Å². The van der Waals surface area contributed by atoms with Crippen molar-refractivity contribution >= 4 is 18.2 Å². The fourth-order valence-corrected chi connectivity index (χ4v) is 3.32. The van der Waals surface area contributed by atoms with Gasteiger partial charge in [0.1, 0.15) is 5.75 Å². The molecule has 0 bridgehead atoms. The molecule has 0 radical (unpaired) electrons. The summed E-state index contributed by atoms with van der Waals surface area (Å²) >= 11 is 1.07. The van der Waals surface area contributed by atoms with Gasteiger partial charge in [-0.1, -0.05) is 0 Å². The van der Waals surface area contributed by atoms with Gasteiger partial charge < -0.3 is 13.8 Å². The Labute approximate surface area is 93.2 Å². The monoisotopic (exact) mass is 248 g/mol. The predicted molar refractivity (Wildman–Crippen MR) is 60.5 cm³/mol. The lowest BCUT2D eigenvalue weighted by atomic mass is 10.3. The first-order valence-electron chi connectivity index (χ1n) is 4.18. The highest BCUT2D eigenvalue weighted by Crippen LogP contribution is 2.62. The number of benzene rings is 1. The molecule has 0 aliphatic carbocycles. The summed E-state index contributed by atoms with van der Waals surface area (Å²) in [4.78, 5) is 0.808. The number of rotatable bonds is 5. The van der Waals surface area contributed by atoms with Crippen LogP contribution in [0, 0.1) is 0 Å². The summed E-state index contributed by atoms with van der Waals surface area (Å²) in [6.45, 7) is -3.05. The Kier molecular flexibility index (Phi) is 4.67. The van der Waals surface area contributed by atoms with Crippen LogP contribution in [0.4, 0.5) is 0 Å². The highest BCUT2D eigenvalue weighted by molar-refractivity contribution is 8.55. The van der Waals surface area contributed by atoms with E-state index in [9.17, 15) is 4.57 Å². The number of hydrogen-bond acceptors (Lipinski definition) is 5. The van der Waals surface area contributed by atoms with E-state index in [2.05, 4.69) is 0 Å². The summed E-state index contributed by atoms with van der Waals surface area (Å²) in [5, 5.41) is 0. The quantitative estimate of drug-likeness (QED) is 0.749. The molecule has 1 aromatic carbocycles. The van der Waals surface area contributed by atoms with Crippen molar-refractivity contribution in [3.05, 3.63) is 24.3 Å². The van der Waals surface area contributed by atoms with E-state index < -0.39 is 6.80 Å². The molecule has 0 fully saturated rings. The summed E-state index contributed by atoms with van der Waals surface area (Å²) in [7, 11) is 4.32. The van der Waals surface area contributed by atoms with Crippen molar-refractivity contribution in [3.63, 3.8) is 0 Å². The molecule has 15 heavy (non-hydrogen) atoms. The van der Waals surface area contributed by atoms with Crippen molar-refractivity contribution in [2.75, 3.05) is 21.3 Å². The van der Waals surface area contributed by atoms with Gasteiger partial charge in [0.25, 0.3) is 0 Å². The van der Waals surface area contributed by atoms with Crippen molar-refractivity contribution in [2.45, 2.75) is 4.90 Å². The van der Waals surface area contributed by atoms with Gasteiger partial charge in [0.05, 0.1) is 7.11 Å². The summed E-state index contributed by atoms with van der Waals surface area (Å²) in [5.74, 6) is 0.754. The molecule has 0 saturated carbocycles. The molecule has 0 unspecified atom stereocenters. The van der Waals surface area contributed by atoms with Crippen LogP contribution in [-0.2, 0) is 13.6 Å². The lowest BCUT2D eigenvalue weighted by molar-refractivity contribution is 0.295. The molecule has 0 N–H and O–H groups in total. The predicted octanol–water partition coefficient (Wildman–Crippen LogP) is 3.19. The molecular formula is C9H13O4PS. The molecule has 6 heteroatoms. The van der Waals surface area contributed by atoms with Crippen LogP contribution in [0.25, 0.3) is 0 Å². The lowest BCUT2D eigenvalue weighted by Gasteiger charge is -2.12. The van der Waals surface area contributed by atoms with E-state index in [0.717, 1.165) is 22.0 Å². The zero-order valence-corrected chi connectivity index (χ0v) is 10.5. The van der Waals surface area contributed by atoms with Gasteiger partial charge in [0.2, 0.25) is 0 Å². The second kappa shape index (κ2) is 5.56. The first kappa shape index (κ1) is 12.6. The van der Waals surface area contributed by atoms with Crippen LogP contribution in [0.3, 0.4) is 0 Å². The molecule has 0 aliphatic rings. The summed E-state index contributed by atoms with van der Waals surface area (Å²) < 4.78 is 26.4. The van der Waals surface area contributed by atoms with Gasteiger partial charge in [-0.3, -0.25) is 0 Å². The Morgan fingerprint density at radius 1 is 1.07 bits per heavy atom. The average Bonchev–Trinajstić information content (AvgIpc) is 2.30. The molecule has 1 rings (SSSR count). The molecule has 0 heterocycles. The van der Waals surface area contributed by atoms with Gasteiger partial charge in [-0.15, -0.1) is 0 Å². The fourth-order valence-electron chi connectivity index (χ4n) is 0.915. The van der Waals surface area contributed by atoms with Crippen molar-refractivity contribution < 1.29 is 18.3 Å². The fraction of sp³-hybridized carbons (Fsp3) is 0.333. The van der Waals surface area contributed by atoms with Gasteiger partial charge >= 0.3 is 6.80 Å². The summed E-state index contributed by atoms with van der Waals surface area (Å²) in [5.41, 5.74) is 0. The third-order valence-corrected chi connectivity index (χ3v) is 5.52. The van der Waals surface area contributed by atoms with E-state index in [1.807, 2.05) is 0 Å². The van der Waals surface area contributed by atoms with Gasteiger partial charge in [0.15, 0.2) is 0 Å². The topological polar surface area (TPSA) is 44.8 Å². The van der Waals surface area contributed by atoms with Crippen LogP contribution in [0.15, 0.2) is 29.2 Å². The highest BCUT2D eigenvalue weighted by Gasteiger charge is 2.22. The molecule has 4 nitrogen and oxygen atoms in total. The normalized spacial score (nSPS) is 11.4. The molecule has 84 valence electrons. The first-order valence-corrected chi connectivity index (χ1v) is 7.15. The van der Waals surface area contributed by atoms with E-state index in [1.165, 1.54) is 14.2 Å². The molecule has 0 aliphatic heterocycles. The van der Waals surface area contributed by atoms with Crippen LogP contribution in [0.2, 0.25) is 0 Å². The standard InChI is InChI=1S/C9H13O4PS/c1-11-8-4-6-9(7-5-8)15-14(10,12-2)13-3/h4-7H,1-3H3. The van der Waals surface area contributed by atoms with Crippen LogP contribution < -0.4 is 4.74 Å². The molecule has 1 aromatic rings. The molecule has 0 amide bonds. The molecule has 0 saturated heterocycles. The third kappa shape index (κ3) is 3.54. The molecular weight excluding hydrogens is 235 g/mol. The third-order valence-electron chi connectivity index (χ3n) is 1.72. The van der Waals surface area contributed by atoms with Crippen LogP contribution in [-0.4, -0.2) is 21.3 Å². The number of methoxy groups -OCH3 is 1. The summed E-state index contributed by atoms with van der Waals surface area (Å²) in [6, 6.07) is 7.18. The zero-order valence-electron chi connectivity index (χ0n) is 8.80. The average molecular weight is 248 g/mol. The van der Waals surface area contributed by atoms with Crippen molar-refractivity contribution in [1.29, 1.82) is 0 Å². The van der Waals surface area contributed by atoms with Crippen LogP contribution in [0.1, 0.15) is 0 Å². The van der Waals surface area contributed by atoms with Crippen LogP contribution >= 0.6 is 18.2 Å². The first-order chi connectivity index (χ1) is 7.13. The van der Waals surface area contributed by atoms with Gasteiger partial charge in [-0.2, -0.15) is 0 Å². The maximum absolute atomic E-state index is 11.8. The highest BCUT2D eigenvalue weighted by atomic mass is 32.7. The van der Waals surface area contributed by atoms with E-state index in [1.54, 1.807) is 31.4 Å². The van der Waals surface area contributed by atoms with E-state index in [-0.39, 0.29) is 0 Å². The van der Waals surface area contributed by atoms with Gasteiger partial charge in [0, 0.05) is 19.1 Å². The minimum absolute atomic E-state index is 0.754. The number of hydrogen-bond donors (Lipinski definition) is 0. The van der Waals surface area contributed by atoms with Crippen molar-refractivity contribution in [3.8, 4) is 5.75 Å². The Morgan fingerprint density at radius 3 is 2.00 bits per heavy atom. The Balaban J connectivity index is 2.76. The smallest absolute Gasteiger partial charge is 0.393 e. The van der Waals surface area contributed by atoms with Gasteiger partial charge in [-0.05, 0) is 35.6 Å². The molecule has 0 atom stereocenters. The summed E-state index contributed by atoms with van der Waals surface area (Å²) in [6.07, 6.45) is 0. The Morgan fingerprint density at radius 2 is 1.60 bits per heavy atom. The van der Waals surface area contributed by atoms with Gasteiger partial charge in [-0.25, -0.2) is 4.57 Å². The maximum atomic E-state index is 11.8.